The number of amides is 2. The minimum Gasteiger partial charge on any atom is -0.323 e. The summed E-state index contributed by atoms with van der Waals surface area (Å²) in [5, 5.41) is 3.00. The molecule has 0 atom stereocenters. The molecule has 5 heteroatoms. The highest BCUT2D eigenvalue weighted by atomic mass is 16.2. The van der Waals surface area contributed by atoms with Gasteiger partial charge in [0.1, 0.15) is 0 Å². The molecule has 1 N–H and O–H groups in total. The molecule has 1 aromatic rings. The zero-order chi connectivity index (χ0) is 16.1. The fourth-order valence-electron chi connectivity index (χ4n) is 3.59. The molecule has 0 radical (unpaired) electrons. The van der Waals surface area contributed by atoms with Crippen LogP contribution in [0.25, 0.3) is 0 Å². The number of piperidine rings is 1. The zero-order valence-corrected chi connectivity index (χ0v) is 14.1. The van der Waals surface area contributed by atoms with Gasteiger partial charge in [-0.05, 0) is 51.5 Å². The van der Waals surface area contributed by atoms with E-state index < -0.39 is 0 Å². The Morgan fingerprint density at radius 2 is 1.74 bits per heavy atom. The van der Waals surface area contributed by atoms with Crippen LogP contribution in [0, 0.1) is 0 Å². The molecule has 3 rings (SSSR count). The summed E-state index contributed by atoms with van der Waals surface area (Å²) >= 11 is 0. The van der Waals surface area contributed by atoms with Gasteiger partial charge in [0, 0.05) is 37.9 Å². The van der Waals surface area contributed by atoms with E-state index in [0.29, 0.717) is 6.04 Å². The number of hydrogen-bond donors (Lipinski definition) is 1. The zero-order valence-electron chi connectivity index (χ0n) is 14.1. The molecule has 2 amide bonds. The van der Waals surface area contributed by atoms with Crippen LogP contribution in [-0.4, -0.2) is 73.1 Å². The van der Waals surface area contributed by atoms with Crippen LogP contribution < -0.4 is 5.32 Å². The van der Waals surface area contributed by atoms with Gasteiger partial charge in [0.25, 0.3) is 0 Å². The maximum Gasteiger partial charge on any atom is 0.321 e. The first-order chi connectivity index (χ1) is 11.2. The second-order valence-corrected chi connectivity index (χ2v) is 6.71. The lowest BCUT2D eigenvalue weighted by Gasteiger charge is -2.36. The highest BCUT2D eigenvalue weighted by Crippen LogP contribution is 2.18. The van der Waals surface area contributed by atoms with Crippen LogP contribution in [-0.2, 0) is 0 Å². The summed E-state index contributed by atoms with van der Waals surface area (Å²) in [4.78, 5) is 19.4. The van der Waals surface area contributed by atoms with E-state index in [1.165, 1.54) is 25.9 Å². The molecule has 2 fully saturated rings. The maximum atomic E-state index is 12.4. The fourth-order valence-corrected chi connectivity index (χ4v) is 3.59. The lowest BCUT2D eigenvalue weighted by Crippen LogP contribution is -2.45. The van der Waals surface area contributed by atoms with Gasteiger partial charge in [0.05, 0.1) is 0 Å². The first-order valence-electron chi connectivity index (χ1n) is 8.76. The van der Waals surface area contributed by atoms with Crippen molar-refractivity contribution in [1.29, 1.82) is 0 Å². The van der Waals surface area contributed by atoms with Crippen molar-refractivity contribution < 1.29 is 4.79 Å². The Morgan fingerprint density at radius 1 is 1.00 bits per heavy atom. The largest absolute Gasteiger partial charge is 0.323 e. The quantitative estimate of drug-likeness (QED) is 0.910. The highest BCUT2D eigenvalue weighted by molar-refractivity contribution is 5.89. The number of nitrogens with zero attached hydrogens (tertiary/aromatic N) is 3. The molecule has 1 aromatic carbocycles. The van der Waals surface area contributed by atoms with Crippen LogP contribution in [0.3, 0.4) is 0 Å². The number of anilines is 1. The molecule has 0 unspecified atom stereocenters. The van der Waals surface area contributed by atoms with Gasteiger partial charge in [-0.2, -0.15) is 0 Å². The van der Waals surface area contributed by atoms with E-state index in [-0.39, 0.29) is 6.03 Å². The van der Waals surface area contributed by atoms with Crippen molar-refractivity contribution in [1.82, 2.24) is 14.7 Å². The van der Waals surface area contributed by atoms with Gasteiger partial charge >= 0.3 is 6.03 Å². The third-order valence-electron chi connectivity index (χ3n) is 5.05. The molecule has 0 aliphatic carbocycles. The maximum absolute atomic E-state index is 12.4. The number of nitrogens with one attached hydrogen (secondary N) is 1. The smallest absolute Gasteiger partial charge is 0.321 e. The van der Waals surface area contributed by atoms with E-state index in [1.54, 1.807) is 0 Å². The second-order valence-electron chi connectivity index (χ2n) is 6.71. The molecule has 2 aliphatic rings. The van der Waals surface area contributed by atoms with Crippen molar-refractivity contribution in [2.24, 2.45) is 0 Å². The minimum atomic E-state index is 0.0291. The third kappa shape index (κ3) is 4.45. The predicted octanol–water partition coefficient (Wildman–Crippen LogP) is 2.32. The number of rotatable bonds is 2. The van der Waals surface area contributed by atoms with E-state index in [2.05, 4.69) is 22.2 Å². The second kappa shape index (κ2) is 7.79. The molecule has 2 heterocycles. The minimum absolute atomic E-state index is 0.0291. The lowest BCUT2D eigenvalue weighted by atomic mass is 10.0. The lowest BCUT2D eigenvalue weighted by molar-refractivity contribution is 0.124. The summed E-state index contributed by atoms with van der Waals surface area (Å²) in [6, 6.07) is 10.4. The average molecular weight is 316 g/mol. The van der Waals surface area contributed by atoms with Gasteiger partial charge in [0.15, 0.2) is 0 Å². The fraction of sp³-hybridized carbons (Fsp3) is 0.611. The van der Waals surface area contributed by atoms with E-state index >= 15 is 0 Å². The van der Waals surface area contributed by atoms with Crippen LogP contribution in [0.2, 0.25) is 0 Å². The third-order valence-corrected chi connectivity index (χ3v) is 5.05. The Bertz CT molecular complexity index is 499. The number of hydrogen-bond acceptors (Lipinski definition) is 3. The summed E-state index contributed by atoms with van der Waals surface area (Å²) in [6.07, 6.45) is 3.58. The van der Waals surface area contributed by atoms with Crippen LogP contribution in [0.15, 0.2) is 30.3 Å². The van der Waals surface area contributed by atoms with Crippen molar-refractivity contribution in [3.63, 3.8) is 0 Å². The van der Waals surface area contributed by atoms with Gasteiger partial charge in [0.2, 0.25) is 0 Å². The number of para-hydroxylation sites is 1. The van der Waals surface area contributed by atoms with E-state index in [9.17, 15) is 4.79 Å². The van der Waals surface area contributed by atoms with E-state index in [1.807, 2.05) is 35.2 Å². The first kappa shape index (κ1) is 16.3. The number of carbonyl (C=O) groups is 1. The van der Waals surface area contributed by atoms with Gasteiger partial charge in [-0.25, -0.2) is 4.79 Å². The monoisotopic (exact) mass is 316 g/mol. The molecular weight excluding hydrogens is 288 g/mol. The summed E-state index contributed by atoms with van der Waals surface area (Å²) in [5.41, 5.74) is 0.869. The van der Waals surface area contributed by atoms with Crippen molar-refractivity contribution in [3.8, 4) is 0 Å². The average Bonchev–Trinajstić information content (AvgIpc) is 2.83. The number of likely N-dealkylation sites (tertiary alicyclic amines) is 1. The summed E-state index contributed by atoms with van der Waals surface area (Å²) in [6.45, 7) is 6.17. The molecule has 0 saturated carbocycles. The summed E-state index contributed by atoms with van der Waals surface area (Å²) in [5.74, 6) is 0. The summed E-state index contributed by atoms with van der Waals surface area (Å²) < 4.78 is 0. The number of benzene rings is 1. The Labute approximate surface area is 139 Å². The van der Waals surface area contributed by atoms with Crippen molar-refractivity contribution >= 4 is 11.7 Å². The van der Waals surface area contributed by atoms with Gasteiger partial charge in [-0.3, -0.25) is 4.90 Å². The van der Waals surface area contributed by atoms with E-state index in [0.717, 1.165) is 38.3 Å². The molecule has 0 aromatic heterocycles. The van der Waals surface area contributed by atoms with Crippen molar-refractivity contribution in [2.75, 3.05) is 51.6 Å². The SMILES string of the molecule is CN1CCC(N2CCCN(C(=O)Nc3ccccc3)CC2)CC1. The first-order valence-corrected chi connectivity index (χ1v) is 8.76. The number of carbonyl (C=O) groups excluding carboxylic acids is 1. The molecule has 2 saturated heterocycles. The molecule has 23 heavy (non-hydrogen) atoms. The molecule has 0 spiro atoms. The molecular formula is C18H28N4O. The normalized spacial score (nSPS) is 21.9. The van der Waals surface area contributed by atoms with Crippen LogP contribution in [0.1, 0.15) is 19.3 Å². The molecule has 0 bridgehead atoms. The van der Waals surface area contributed by atoms with Gasteiger partial charge in [-0.1, -0.05) is 18.2 Å². The predicted molar refractivity (Wildman–Crippen MR) is 93.7 cm³/mol. The van der Waals surface area contributed by atoms with Gasteiger partial charge < -0.3 is 15.1 Å². The van der Waals surface area contributed by atoms with Gasteiger partial charge in [-0.15, -0.1) is 0 Å². The van der Waals surface area contributed by atoms with Crippen LogP contribution in [0.4, 0.5) is 10.5 Å². The molecule has 126 valence electrons. The number of urea groups is 1. The summed E-state index contributed by atoms with van der Waals surface area (Å²) in [7, 11) is 2.20. The molecule has 2 aliphatic heterocycles. The van der Waals surface area contributed by atoms with Crippen LogP contribution in [0.5, 0.6) is 0 Å². The standard InChI is InChI=1S/C18H28N4O/c1-20-12-8-17(9-13-20)21-10-5-11-22(15-14-21)18(23)19-16-6-3-2-4-7-16/h2-4,6-7,17H,5,8-15H2,1H3,(H,19,23). The molecule has 5 nitrogen and oxygen atoms in total. The van der Waals surface area contributed by atoms with Crippen molar-refractivity contribution in [2.45, 2.75) is 25.3 Å². The highest BCUT2D eigenvalue weighted by Gasteiger charge is 2.26. The van der Waals surface area contributed by atoms with Crippen LogP contribution >= 0.6 is 0 Å². The Hall–Kier alpha value is -1.59. The Kier molecular flexibility index (Phi) is 5.51. The topological polar surface area (TPSA) is 38.8 Å². The Morgan fingerprint density at radius 3 is 2.48 bits per heavy atom. The van der Waals surface area contributed by atoms with Crippen molar-refractivity contribution in [3.05, 3.63) is 30.3 Å². The van der Waals surface area contributed by atoms with E-state index in [4.69, 9.17) is 0 Å². The Balaban J connectivity index is 1.51.